The van der Waals surface area contributed by atoms with Gasteiger partial charge in [-0.3, -0.25) is 9.59 Å². The van der Waals surface area contributed by atoms with Gasteiger partial charge in [-0.2, -0.15) is 0 Å². The molecule has 7 heteroatoms. The van der Waals surface area contributed by atoms with Gasteiger partial charge in [-0.1, -0.05) is 30.8 Å². The minimum absolute atomic E-state index is 0.0606. The van der Waals surface area contributed by atoms with Gasteiger partial charge < -0.3 is 10.2 Å². The second-order valence-electron chi connectivity index (χ2n) is 6.95. The number of thioether (sulfide) groups is 1. The zero-order valence-corrected chi connectivity index (χ0v) is 17.9. The summed E-state index contributed by atoms with van der Waals surface area (Å²) in [6.07, 6.45) is 3.20. The number of likely N-dealkylation sites (tertiary alicyclic amines) is 1. The maximum Gasteiger partial charge on any atom is 0.256 e. The molecule has 1 aliphatic rings. The Hall–Kier alpha value is -2.38. The Morgan fingerprint density at radius 2 is 1.86 bits per heavy atom. The van der Waals surface area contributed by atoms with Crippen LogP contribution < -0.4 is 5.32 Å². The van der Waals surface area contributed by atoms with E-state index in [1.165, 1.54) is 0 Å². The Morgan fingerprint density at radius 3 is 2.62 bits per heavy atom. The van der Waals surface area contributed by atoms with E-state index in [2.05, 4.69) is 17.2 Å². The summed E-state index contributed by atoms with van der Waals surface area (Å²) in [6.45, 7) is 3.62. The molecule has 2 heterocycles. The normalized spacial score (nSPS) is 14.2. The number of thiazole rings is 1. The Bertz CT molecular complexity index is 1040. The van der Waals surface area contributed by atoms with Crippen molar-refractivity contribution < 1.29 is 9.59 Å². The largest absolute Gasteiger partial charge is 0.339 e. The molecule has 0 aliphatic carbocycles. The highest BCUT2D eigenvalue weighted by Crippen LogP contribution is 2.31. The average molecular weight is 426 g/mol. The van der Waals surface area contributed by atoms with Crippen LogP contribution in [0.15, 0.2) is 46.8 Å². The van der Waals surface area contributed by atoms with Crippen molar-refractivity contribution >= 4 is 50.8 Å². The van der Waals surface area contributed by atoms with Gasteiger partial charge in [-0.25, -0.2) is 4.98 Å². The van der Waals surface area contributed by atoms with Crippen molar-refractivity contribution in [1.29, 1.82) is 0 Å². The number of nitrogens with one attached hydrogen (secondary N) is 1. The van der Waals surface area contributed by atoms with Crippen molar-refractivity contribution in [3.63, 3.8) is 0 Å². The molecular formula is C22H23N3O2S2. The Labute approximate surface area is 178 Å². The lowest BCUT2D eigenvalue weighted by Gasteiger charge is -2.27. The number of benzene rings is 2. The summed E-state index contributed by atoms with van der Waals surface area (Å²) >= 11 is 3.34. The van der Waals surface area contributed by atoms with Crippen LogP contribution in [0.3, 0.4) is 0 Å². The van der Waals surface area contributed by atoms with E-state index in [9.17, 15) is 9.59 Å². The van der Waals surface area contributed by atoms with Gasteiger partial charge in [0.05, 0.1) is 21.3 Å². The fraction of sp³-hybridized carbons (Fsp3) is 0.318. The van der Waals surface area contributed by atoms with Gasteiger partial charge in [0, 0.05) is 18.8 Å². The van der Waals surface area contributed by atoms with Crippen molar-refractivity contribution in [3.8, 4) is 0 Å². The van der Waals surface area contributed by atoms with Crippen LogP contribution >= 0.6 is 23.1 Å². The van der Waals surface area contributed by atoms with Crippen LogP contribution in [-0.2, 0) is 0 Å². The Morgan fingerprint density at radius 1 is 1.10 bits per heavy atom. The van der Waals surface area contributed by atoms with Gasteiger partial charge in [0.1, 0.15) is 0 Å². The number of carbonyl (C=O) groups excluding carboxylic acids is 2. The molecule has 1 aliphatic heterocycles. The van der Waals surface area contributed by atoms with E-state index in [0.29, 0.717) is 16.8 Å². The van der Waals surface area contributed by atoms with Gasteiger partial charge in [0.15, 0.2) is 4.34 Å². The highest BCUT2D eigenvalue weighted by Gasteiger charge is 2.23. The molecule has 0 bridgehead atoms. The molecular weight excluding hydrogens is 402 g/mol. The molecule has 0 spiro atoms. The number of rotatable bonds is 5. The van der Waals surface area contributed by atoms with E-state index in [0.717, 1.165) is 52.7 Å². The topological polar surface area (TPSA) is 62.3 Å². The molecule has 0 saturated carbocycles. The Kier molecular flexibility index (Phi) is 6.16. The molecule has 0 unspecified atom stereocenters. The fourth-order valence-corrected chi connectivity index (χ4v) is 5.50. The predicted octanol–water partition coefficient (Wildman–Crippen LogP) is 5.29. The van der Waals surface area contributed by atoms with Gasteiger partial charge in [0.2, 0.25) is 0 Å². The first kappa shape index (κ1) is 19.9. The third-order valence-corrected chi connectivity index (χ3v) is 6.98. The smallest absolute Gasteiger partial charge is 0.256 e. The lowest BCUT2D eigenvalue weighted by molar-refractivity contribution is 0.0720. The van der Waals surface area contributed by atoms with Crippen LogP contribution in [0.2, 0.25) is 0 Å². The summed E-state index contributed by atoms with van der Waals surface area (Å²) in [6, 6.07) is 12.8. The lowest BCUT2D eigenvalue weighted by atomic mass is 10.0. The van der Waals surface area contributed by atoms with Crippen LogP contribution in [0.4, 0.5) is 5.69 Å². The SMILES string of the molecule is CCSc1nc2ccc(NC(=O)c3ccccc3C(=O)N3CCCCC3)cc2s1. The molecule has 150 valence electrons. The van der Waals surface area contributed by atoms with Crippen LogP contribution in [0.25, 0.3) is 10.2 Å². The number of hydrogen-bond acceptors (Lipinski definition) is 5. The second kappa shape index (κ2) is 8.97. The van der Waals surface area contributed by atoms with Crippen molar-refractivity contribution in [3.05, 3.63) is 53.6 Å². The summed E-state index contributed by atoms with van der Waals surface area (Å²) in [5.41, 5.74) is 2.52. The van der Waals surface area contributed by atoms with E-state index < -0.39 is 0 Å². The number of nitrogens with zero attached hydrogens (tertiary/aromatic N) is 2. The summed E-state index contributed by atoms with van der Waals surface area (Å²) in [5.74, 6) is 0.651. The number of amides is 2. The van der Waals surface area contributed by atoms with Crippen LogP contribution in [0, 0.1) is 0 Å². The molecule has 1 fully saturated rings. The molecule has 5 nitrogen and oxygen atoms in total. The highest BCUT2D eigenvalue weighted by molar-refractivity contribution is 8.01. The fourth-order valence-electron chi connectivity index (χ4n) is 3.50. The van der Waals surface area contributed by atoms with Gasteiger partial charge in [-0.05, 0) is 55.3 Å². The maximum absolute atomic E-state index is 13.0. The zero-order chi connectivity index (χ0) is 20.2. The quantitative estimate of drug-likeness (QED) is 0.565. The number of fused-ring (bicyclic) bond motifs is 1. The molecule has 4 rings (SSSR count). The number of carbonyl (C=O) groups is 2. The van der Waals surface area contributed by atoms with Crippen LogP contribution in [-0.4, -0.2) is 40.5 Å². The molecule has 29 heavy (non-hydrogen) atoms. The minimum atomic E-state index is -0.266. The maximum atomic E-state index is 13.0. The Balaban J connectivity index is 1.55. The van der Waals surface area contributed by atoms with Crippen LogP contribution in [0.5, 0.6) is 0 Å². The highest BCUT2D eigenvalue weighted by atomic mass is 32.2. The molecule has 1 N–H and O–H groups in total. The molecule has 2 amide bonds. The standard InChI is InChI=1S/C22H23N3O2S2/c1-2-28-22-24-18-11-10-15(14-19(18)29-22)23-20(26)16-8-4-5-9-17(16)21(27)25-12-6-3-7-13-25/h4-5,8-11,14H,2-3,6-7,12-13H2,1H3,(H,23,26). The molecule has 3 aromatic rings. The predicted molar refractivity (Wildman–Crippen MR) is 120 cm³/mol. The lowest BCUT2D eigenvalue weighted by Crippen LogP contribution is -2.36. The monoisotopic (exact) mass is 425 g/mol. The summed E-state index contributed by atoms with van der Waals surface area (Å²) < 4.78 is 2.07. The van der Waals surface area contributed by atoms with E-state index in [4.69, 9.17) is 0 Å². The molecule has 2 aromatic carbocycles. The van der Waals surface area contributed by atoms with Gasteiger partial charge >= 0.3 is 0 Å². The van der Waals surface area contributed by atoms with E-state index >= 15 is 0 Å². The van der Waals surface area contributed by atoms with E-state index in [-0.39, 0.29) is 11.8 Å². The molecule has 0 atom stereocenters. The van der Waals surface area contributed by atoms with Crippen molar-refractivity contribution in [1.82, 2.24) is 9.88 Å². The number of piperidine rings is 1. The molecule has 1 aromatic heterocycles. The van der Waals surface area contributed by atoms with Crippen molar-refractivity contribution in [2.75, 3.05) is 24.2 Å². The summed E-state index contributed by atoms with van der Waals surface area (Å²) in [7, 11) is 0. The number of anilines is 1. The number of hydrogen-bond donors (Lipinski definition) is 1. The first-order valence-corrected chi connectivity index (χ1v) is 11.7. The first-order chi connectivity index (χ1) is 14.2. The van der Waals surface area contributed by atoms with Gasteiger partial charge in [-0.15, -0.1) is 11.3 Å². The third-order valence-electron chi connectivity index (χ3n) is 4.94. The zero-order valence-electron chi connectivity index (χ0n) is 16.3. The minimum Gasteiger partial charge on any atom is -0.339 e. The molecule has 1 saturated heterocycles. The second-order valence-corrected chi connectivity index (χ2v) is 9.49. The van der Waals surface area contributed by atoms with Gasteiger partial charge in [0.25, 0.3) is 11.8 Å². The van der Waals surface area contributed by atoms with Crippen molar-refractivity contribution in [2.45, 2.75) is 30.5 Å². The van der Waals surface area contributed by atoms with Crippen molar-refractivity contribution in [2.24, 2.45) is 0 Å². The molecule has 0 radical (unpaired) electrons. The van der Waals surface area contributed by atoms with E-state index in [1.807, 2.05) is 29.2 Å². The summed E-state index contributed by atoms with van der Waals surface area (Å²) in [5, 5.41) is 2.95. The average Bonchev–Trinajstić information content (AvgIpc) is 3.16. The number of aromatic nitrogens is 1. The third kappa shape index (κ3) is 4.46. The van der Waals surface area contributed by atoms with Crippen LogP contribution in [0.1, 0.15) is 46.9 Å². The van der Waals surface area contributed by atoms with E-state index in [1.54, 1.807) is 41.3 Å². The summed E-state index contributed by atoms with van der Waals surface area (Å²) in [4.78, 5) is 32.4. The first-order valence-electron chi connectivity index (χ1n) is 9.89.